The highest BCUT2D eigenvalue weighted by atomic mass is 32.2. The van der Waals surface area contributed by atoms with E-state index in [-0.39, 0.29) is 18.0 Å². The van der Waals surface area contributed by atoms with Crippen LogP contribution in [0.25, 0.3) is 0 Å². The molecule has 0 saturated carbocycles. The number of nitrogens with one attached hydrogen (secondary N) is 1. The minimum atomic E-state index is -3.59. The van der Waals surface area contributed by atoms with Gasteiger partial charge in [0, 0.05) is 17.5 Å². The average Bonchev–Trinajstić information content (AvgIpc) is 2.93. The van der Waals surface area contributed by atoms with E-state index in [2.05, 4.69) is 9.71 Å². The Labute approximate surface area is 115 Å². The molecule has 8 heteroatoms. The quantitative estimate of drug-likeness (QED) is 0.867. The Hall–Kier alpha value is -1.22. The maximum absolute atomic E-state index is 12.2. The highest BCUT2D eigenvalue weighted by Crippen LogP contribution is 2.20. The van der Waals surface area contributed by atoms with Crippen molar-refractivity contribution in [2.45, 2.75) is 31.8 Å². The smallest absolute Gasteiger partial charge is 0.244 e. The van der Waals surface area contributed by atoms with E-state index in [1.54, 1.807) is 12.4 Å². The predicted molar refractivity (Wildman–Crippen MR) is 72.2 cm³/mol. The molecule has 0 unspecified atom stereocenters. The van der Waals surface area contributed by atoms with E-state index < -0.39 is 10.0 Å². The standard InChI is InChI=1S/C11H15N3O3S2/c1-7-10(18-6-13-7)5-14-19(15,16)11-3-9(4-12)17-8(11)2/h3,6,14H,4-5,12H2,1-2H3. The Balaban J connectivity index is 2.18. The van der Waals surface area contributed by atoms with Gasteiger partial charge in [0.05, 0.1) is 17.7 Å². The zero-order valence-corrected chi connectivity index (χ0v) is 12.3. The van der Waals surface area contributed by atoms with Crippen molar-refractivity contribution in [3.8, 4) is 0 Å². The van der Waals surface area contributed by atoms with Crippen LogP contribution in [0.1, 0.15) is 22.1 Å². The zero-order chi connectivity index (χ0) is 14.0. The molecule has 0 spiro atoms. The average molecular weight is 301 g/mol. The fraction of sp³-hybridized carbons (Fsp3) is 0.364. The first kappa shape index (κ1) is 14.2. The first-order valence-electron chi connectivity index (χ1n) is 5.62. The molecule has 0 radical (unpaired) electrons. The molecule has 2 heterocycles. The van der Waals surface area contributed by atoms with Gasteiger partial charge >= 0.3 is 0 Å². The van der Waals surface area contributed by atoms with Crippen LogP contribution in [0.5, 0.6) is 0 Å². The number of nitrogens with zero attached hydrogens (tertiary/aromatic N) is 1. The van der Waals surface area contributed by atoms with Crippen LogP contribution in [0, 0.1) is 13.8 Å². The monoisotopic (exact) mass is 301 g/mol. The Kier molecular flexibility index (Phi) is 4.04. The summed E-state index contributed by atoms with van der Waals surface area (Å²) in [7, 11) is -3.59. The van der Waals surface area contributed by atoms with Gasteiger partial charge in [0.1, 0.15) is 16.4 Å². The fourth-order valence-corrected chi connectivity index (χ4v) is 3.63. The number of nitrogens with two attached hydrogens (primary N) is 1. The van der Waals surface area contributed by atoms with Crippen molar-refractivity contribution in [1.82, 2.24) is 9.71 Å². The third-order valence-electron chi connectivity index (χ3n) is 2.68. The Morgan fingerprint density at radius 1 is 1.47 bits per heavy atom. The van der Waals surface area contributed by atoms with Crippen LogP contribution in [-0.4, -0.2) is 13.4 Å². The van der Waals surface area contributed by atoms with Crippen LogP contribution in [0.3, 0.4) is 0 Å². The summed E-state index contributed by atoms with van der Waals surface area (Å²) in [4.78, 5) is 5.10. The molecule has 0 aliphatic carbocycles. The summed E-state index contributed by atoms with van der Waals surface area (Å²) < 4.78 is 32.1. The van der Waals surface area contributed by atoms with Crippen molar-refractivity contribution in [3.05, 3.63) is 33.7 Å². The molecule has 0 saturated heterocycles. The van der Waals surface area contributed by atoms with E-state index in [0.29, 0.717) is 11.5 Å². The maximum Gasteiger partial charge on any atom is 0.244 e. The molecule has 0 fully saturated rings. The molecule has 0 aromatic carbocycles. The van der Waals surface area contributed by atoms with Crippen molar-refractivity contribution in [3.63, 3.8) is 0 Å². The minimum absolute atomic E-state index is 0.134. The number of thiazole rings is 1. The summed E-state index contributed by atoms with van der Waals surface area (Å²) in [6, 6.07) is 1.46. The number of hydrogen-bond acceptors (Lipinski definition) is 6. The van der Waals surface area contributed by atoms with Gasteiger partial charge in [-0.25, -0.2) is 18.1 Å². The number of sulfonamides is 1. The van der Waals surface area contributed by atoms with Crippen LogP contribution < -0.4 is 10.5 Å². The summed E-state index contributed by atoms with van der Waals surface area (Å²) in [5, 5.41) is 0. The van der Waals surface area contributed by atoms with Crippen molar-refractivity contribution in [1.29, 1.82) is 0 Å². The topological polar surface area (TPSA) is 98.2 Å². The first-order valence-corrected chi connectivity index (χ1v) is 7.98. The SMILES string of the molecule is Cc1ncsc1CNS(=O)(=O)c1cc(CN)oc1C. The van der Waals surface area contributed by atoms with Gasteiger partial charge in [0.25, 0.3) is 0 Å². The Morgan fingerprint density at radius 3 is 2.74 bits per heavy atom. The molecule has 0 atom stereocenters. The van der Waals surface area contributed by atoms with Gasteiger partial charge in [-0.2, -0.15) is 0 Å². The van der Waals surface area contributed by atoms with Gasteiger partial charge in [-0.3, -0.25) is 0 Å². The normalized spacial score (nSPS) is 11.9. The van der Waals surface area contributed by atoms with E-state index in [4.69, 9.17) is 10.2 Å². The minimum Gasteiger partial charge on any atom is -0.464 e. The van der Waals surface area contributed by atoms with Crippen molar-refractivity contribution < 1.29 is 12.8 Å². The van der Waals surface area contributed by atoms with Gasteiger partial charge in [-0.15, -0.1) is 11.3 Å². The zero-order valence-electron chi connectivity index (χ0n) is 10.6. The molecule has 0 bridgehead atoms. The first-order chi connectivity index (χ1) is 8.94. The highest BCUT2D eigenvalue weighted by Gasteiger charge is 2.21. The third kappa shape index (κ3) is 3.03. The van der Waals surface area contributed by atoms with Gasteiger partial charge in [0.2, 0.25) is 10.0 Å². The van der Waals surface area contributed by atoms with Crippen molar-refractivity contribution in [2.24, 2.45) is 5.73 Å². The van der Waals surface area contributed by atoms with Crippen LogP contribution in [-0.2, 0) is 23.1 Å². The molecule has 2 aromatic rings. The second-order valence-corrected chi connectivity index (χ2v) is 6.70. The van der Waals surface area contributed by atoms with Crippen LogP contribution in [0.15, 0.2) is 20.9 Å². The van der Waals surface area contributed by atoms with Gasteiger partial charge in [-0.1, -0.05) is 0 Å². The summed E-state index contributed by atoms with van der Waals surface area (Å²) in [6.07, 6.45) is 0. The lowest BCUT2D eigenvalue weighted by atomic mass is 10.4. The van der Waals surface area contributed by atoms with Crippen molar-refractivity contribution >= 4 is 21.4 Å². The highest BCUT2D eigenvalue weighted by molar-refractivity contribution is 7.89. The molecule has 2 rings (SSSR count). The molecule has 0 aliphatic heterocycles. The van der Waals surface area contributed by atoms with E-state index >= 15 is 0 Å². The van der Waals surface area contributed by atoms with Crippen LogP contribution in [0.4, 0.5) is 0 Å². The number of furan rings is 1. The fourth-order valence-electron chi connectivity index (χ4n) is 1.63. The summed E-state index contributed by atoms with van der Waals surface area (Å²) in [5.74, 6) is 0.792. The second-order valence-electron chi connectivity index (χ2n) is 4.02. The Morgan fingerprint density at radius 2 is 2.21 bits per heavy atom. The number of aryl methyl sites for hydroxylation is 2. The number of rotatable bonds is 5. The molecular weight excluding hydrogens is 286 g/mol. The Bertz CT molecular complexity index is 673. The van der Waals surface area contributed by atoms with Crippen LogP contribution in [0.2, 0.25) is 0 Å². The number of hydrogen-bond donors (Lipinski definition) is 2. The largest absolute Gasteiger partial charge is 0.464 e. The lowest BCUT2D eigenvalue weighted by Crippen LogP contribution is -2.23. The predicted octanol–water partition coefficient (Wildman–Crippen LogP) is 1.29. The van der Waals surface area contributed by atoms with Crippen LogP contribution >= 0.6 is 11.3 Å². The summed E-state index contributed by atoms with van der Waals surface area (Å²) in [6.45, 7) is 3.84. The van der Waals surface area contributed by atoms with Gasteiger partial charge in [0.15, 0.2) is 0 Å². The molecule has 2 aromatic heterocycles. The molecule has 3 N–H and O–H groups in total. The second kappa shape index (κ2) is 5.41. The van der Waals surface area contributed by atoms with Gasteiger partial charge < -0.3 is 10.2 Å². The lowest BCUT2D eigenvalue weighted by Gasteiger charge is -2.04. The molecule has 6 nitrogen and oxygen atoms in total. The van der Waals surface area contributed by atoms with E-state index in [9.17, 15) is 8.42 Å². The van der Waals surface area contributed by atoms with E-state index in [0.717, 1.165) is 10.6 Å². The van der Waals surface area contributed by atoms with E-state index in [1.165, 1.54) is 17.4 Å². The maximum atomic E-state index is 12.2. The molecule has 0 amide bonds. The molecule has 104 valence electrons. The lowest BCUT2D eigenvalue weighted by molar-refractivity contribution is 0.478. The van der Waals surface area contributed by atoms with Gasteiger partial charge in [-0.05, 0) is 13.8 Å². The summed E-state index contributed by atoms with van der Waals surface area (Å²) >= 11 is 1.42. The molecule has 0 aliphatic rings. The van der Waals surface area contributed by atoms with E-state index in [1.807, 2.05) is 6.92 Å². The molecule has 19 heavy (non-hydrogen) atoms. The van der Waals surface area contributed by atoms with Crippen molar-refractivity contribution in [2.75, 3.05) is 0 Å². The molecular formula is C11H15N3O3S2. The number of aromatic nitrogens is 1. The summed E-state index contributed by atoms with van der Waals surface area (Å²) in [5.41, 5.74) is 7.95. The third-order valence-corrected chi connectivity index (χ3v) is 5.13.